The Balaban J connectivity index is 1.78. The Morgan fingerprint density at radius 3 is 2.85 bits per heavy atom. The van der Waals surface area contributed by atoms with Gasteiger partial charge in [0, 0.05) is 40.9 Å². The molecule has 20 heavy (non-hydrogen) atoms. The van der Waals surface area contributed by atoms with E-state index >= 15 is 0 Å². The Bertz CT molecular complexity index is 509. The maximum Gasteiger partial charge on any atom is 0.133 e. The Kier molecular flexibility index (Phi) is 4.79. The predicted molar refractivity (Wildman–Crippen MR) is 98.0 cm³/mol. The molecule has 2 aliphatic heterocycles. The van der Waals surface area contributed by atoms with E-state index in [4.69, 9.17) is 0 Å². The highest BCUT2D eigenvalue weighted by molar-refractivity contribution is 14.1. The van der Waals surface area contributed by atoms with Crippen LogP contribution in [0.4, 0.5) is 0 Å². The van der Waals surface area contributed by atoms with Crippen LogP contribution in [0.5, 0.6) is 5.75 Å². The number of phenols is 1. The minimum Gasteiger partial charge on any atom is -0.507 e. The molecule has 0 unspecified atom stereocenters. The van der Waals surface area contributed by atoms with Crippen LogP contribution < -0.4 is 0 Å². The molecule has 0 amide bonds. The summed E-state index contributed by atoms with van der Waals surface area (Å²) in [6.07, 6.45) is 2.67. The first-order valence-electron chi connectivity index (χ1n) is 7.21. The van der Waals surface area contributed by atoms with Crippen molar-refractivity contribution in [3.8, 4) is 5.75 Å². The Hall–Kier alpha value is 0.400. The van der Waals surface area contributed by atoms with Gasteiger partial charge in [0.05, 0.1) is 3.57 Å². The largest absolute Gasteiger partial charge is 0.507 e. The van der Waals surface area contributed by atoms with Crippen LogP contribution >= 0.6 is 45.2 Å². The Labute approximate surface area is 148 Å². The Morgan fingerprint density at radius 2 is 2.05 bits per heavy atom. The highest BCUT2D eigenvalue weighted by atomic mass is 127. The second-order valence-electron chi connectivity index (χ2n) is 5.85. The lowest BCUT2D eigenvalue weighted by Crippen LogP contribution is -2.55. The maximum absolute atomic E-state index is 10.3. The van der Waals surface area contributed by atoms with Crippen LogP contribution in [-0.2, 0) is 6.54 Å². The molecule has 0 saturated carbocycles. The standard InChI is InChI=1S/C15H20I2N2O/c1-10-14-3-2-4-18(14)5-6-19(10)9-11-7-12(16)8-13(17)15(11)20/h7-8,10,14,20H,2-6,9H2,1H3/t10-,14+/m0/s1. The molecule has 0 aliphatic carbocycles. The van der Waals surface area contributed by atoms with Crippen LogP contribution in [0.1, 0.15) is 25.3 Å². The van der Waals surface area contributed by atoms with E-state index in [1.807, 2.05) is 6.07 Å². The molecule has 2 aliphatic rings. The molecule has 2 atom stereocenters. The van der Waals surface area contributed by atoms with E-state index < -0.39 is 0 Å². The fraction of sp³-hybridized carbons (Fsp3) is 0.600. The van der Waals surface area contributed by atoms with Gasteiger partial charge in [0.25, 0.3) is 0 Å². The summed E-state index contributed by atoms with van der Waals surface area (Å²) in [7, 11) is 0. The van der Waals surface area contributed by atoms with Gasteiger partial charge in [0.1, 0.15) is 5.75 Å². The van der Waals surface area contributed by atoms with Crippen molar-refractivity contribution < 1.29 is 5.11 Å². The maximum atomic E-state index is 10.3. The molecule has 0 spiro atoms. The van der Waals surface area contributed by atoms with Crippen LogP contribution in [-0.4, -0.2) is 46.6 Å². The van der Waals surface area contributed by atoms with Gasteiger partial charge in [0.15, 0.2) is 0 Å². The van der Waals surface area contributed by atoms with E-state index in [1.54, 1.807) is 0 Å². The molecular weight excluding hydrogens is 478 g/mol. The highest BCUT2D eigenvalue weighted by Crippen LogP contribution is 2.31. The van der Waals surface area contributed by atoms with Crippen LogP contribution in [0, 0.1) is 7.14 Å². The van der Waals surface area contributed by atoms with E-state index in [2.05, 4.69) is 68.0 Å². The zero-order chi connectivity index (χ0) is 14.3. The fourth-order valence-corrected chi connectivity index (χ4v) is 5.53. The van der Waals surface area contributed by atoms with Gasteiger partial charge in [-0.05, 0) is 83.6 Å². The summed E-state index contributed by atoms with van der Waals surface area (Å²) in [4.78, 5) is 5.17. The number of hydrogen-bond donors (Lipinski definition) is 1. The molecule has 3 rings (SSSR count). The van der Waals surface area contributed by atoms with E-state index in [-0.39, 0.29) is 0 Å². The third-order valence-electron chi connectivity index (χ3n) is 4.70. The number of rotatable bonds is 2. The predicted octanol–water partition coefficient (Wildman–Crippen LogP) is 3.27. The zero-order valence-corrected chi connectivity index (χ0v) is 16.0. The smallest absolute Gasteiger partial charge is 0.133 e. The molecule has 2 heterocycles. The fourth-order valence-electron chi connectivity index (χ4n) is 3.56. The number of hydrogen-bond acceptors (Lipinski definition) is 3. The molecule has 3 nitrogen and oxygen atoms in total. The number of phenolic OH excluding ortho intramolecular Hbond substituents is 1. The number of aromatic hydroxyl groups is 1. The summed E-state index contributed by atoms with van der Waals surface area (Å²) in [5, 5.41) is 10.3. The molecule has 0 aromatic heterocycles. The van der Waals surface area contributed by atoms with Crippen molar-refractivity contribution in [2.75, 3.05) is 19.6 Å². The monoisotopic (exact) mass is 498 g/mol. The minimum absolute atomic E-state index is 0.465. The van der Waals surface area contributed by atoms with E-state index in [9.17, 15) is 5.11 Å². The molecular formula is C15H20I2N2O. The lowest BCUT2D eigenvalue weighted by atomic mass is 10.0. The summed E-state index contributed by atoms with van der Waals surface area (Å²) >= 11 is 4.55. The molecule has 1 aromatic carbocycles. The van der Waals surface area contributed by atoms with Gasteiger partial charge >= 0.3 is 0 Å². The van der Waals surface area contributed by atoms with Crippen molar-refractivity contribution in [3.05, 3.63) is 24.8 Å². The lowest BCUT2D eigenvalue weighted by molar-refractivity contribution is 0.0465. The average Bonchev–Trinajstić information content (AvgIpc) is 2.87. The van der Waals surface area contributed by atoms with Gasteiger partial charge < -0.3 is 5.11 Å². The number of benzene rings is 1. The highest BCUT2D eigenvalue weighted by Gasteiger charge is 2.36. The topological polar surface area (TPSA) is 26.7 Å². The summed E-state index contributed by atoms with van der Waals surface area (Å²) in [5.41, 5.74) is 1.07. The number of nitrogens with zero attached hydrogens (tertiary/aromatic N) is 2. The van der Waals surface area contributed by atoms with Gasteiger partial charge in [-0.2, -0.15) is 0 Å². The van der Waals surface area contributed by atoms with Crippen LogP contribution in [0.25, 0.3) is 0 Å². The third kappa shape index (κ3) is 2.96. The molecule has 2 fully saturated rings. The zero-order valence-electron chi connectivity index (χ0n) is 11.6. The summed E-state index contributed by atoms with van der Waals surface area (Å²) in [6, 6.07) is 5.44. The van der Waals surface area contributed by atoms with Crippen molar-refractivity contribution in [2.24, 2.45) is 0 Å². The van der Waals surface area contributed by atoms with Gasteiger partial charge in [0.2, 0.25) is 0 Å². The molecule has 5 heteroatoms. The van der Waals surface area contributed by atoms with Crippen LogP contribution in [0.3, 0.4) is 0 Å². The van der Waals surface area contributed by atoms with E-state index in [1.165, 1.54) is 29.5 Å². The first-order chi connectivity index (χ1) is 9.56. The first-order valence-corrected chi connectivity index (χ1v) is 9.37. The van der Waals surface area contributed by atoms with Gasteiger partial charge in [-0.1, -0.05) is 0 Å². The van der Waals surface area contributed by atoms with Crippen LogP contribution in [0.15, 0.2) is 12.1 Å². The van der Waals surface area contributed by atoms with Crippen molar-refractivity contribution in [1.29, 1.82) is 0 Å². The van der Waals surface area contributed by atoms with Crippen molar-refractivity contribution >= 4 is 45.2 Å². The Morgan fingerprint density at radius 1 is 1.25 bits per heavy atom. The summed E-state index contributed by atoms with van der Waals surface area (Å²) in [5.74, 6) is 0.465. The molecule has 0 bridgehead atoms. The molecule has 2 saturated heterocycles. The third-order valence-corrected chi connectivity index (χ3v) is 6.15. The minimum atomic E-state index is 0.465. The quantitative estimate of drug-likeness (QED) is 0.635. The van der Waals surface area contributed by atoms with E-state index in [0.29, 0.717) is 17.8 Å². The molecule has 1 N–H and O–H groups in total. The molecule has 110 valence electrons. The first kappa shape index (κ1) is 15.3. The number of fused-ring (bicyclic) bond motifs is 1. The van der Waals surface area contributed by atoms with Gasteiger partial charge in [-0.25, -0.2) is 0 Å². The summed E-state index contributed by atoms with van der Waals surface area (Å²) in [6.45, 7) is 6.77. The lowest BCUT2D eigenvalue weighted by Gasteiger charge is -2.43. The second kappa shape index (κ2) is 6.26. The van der Waals surface area contributed by atoms with E-state index in [0.717, 1.165) is 22.2 Å². The van der Waals surface area contributed by atoms with Crippen LogP contribution in [0.2, 0.25) is 0 Å². The van der Waals surface area contributed by atoms with Crippen molar-refractivity contribution in [2.45, 2.75) is 38.4 Å². The summed E-state index contributed by atoms with van der Waals surface area (Å²) < 4.78 is 2.16. The number of halogens is 2. The van der Waals surface area contributed by atoms with Gasteiger partial charge in [-0.15, -0.1) is 0 Å². The second-order valence-corrected chi connectivity index (χ2v) is 8.26. The average molecular weight is 498 g/mol. The SMILES string of the molecule is C[C@H]1[C@H]2CCCN2CCN1Cc1cc(I)cc(I)c1O. The van der Waals surface area contributed by atoms with Crippen molar-refractivity contribution in [1.82, 2.24) is 9.80 Å². The molecule has 0 radical (unpaired) electrons. The molecule has 1 aromatic rings. The van der Waals surface area contributed by atoms with Gasteiger partial charge in [-0.3, -0.25) is 9.80 Å². The normalized spacial score (nSPS) is 27.8. The number of piperazine rings is 1. The van der Waals surface area contributed by atoms with Crippen molar-refractivity contribution in [3.63, 3.8) is 0 Å².